The number of anilines is 1. The molecular formula is C13H15BrN4O. The monoisotopic (exact) mass is 322 g/mol. The molecular weight excluding hydrogens is 308 g/mol. The van der Waals surface area contributed by atoms with Crippen LogP contribution in [-0.2, 0) is 13.0 Å². The molecule has 0 saturated heterocycles. The van der Waals surface area contributed by atoms with Gasteiger partial charge >= 0.3 is 0 Å². The largest absolute Gasteiger partial charge is 0.395 e. The number of amides is 1. The number of aromatic amines is 1. The minimum Gasteiger partial charge on any atom is -0.395 e. The Morgan fingerprint density at radius 3 is 2.68 bits per heavy atom. The minimum atomic E-state index is -0.267. The summed E-state index contributed by atoms with van der Waals surface area (Å²) in [6.07, 6.45) is 0.721. The van der Waals surface area contributed by atoms with Crippen LogP contribution in [0.25, 0.3) is 0 Å². The van der Waals surface area contributed by atoms with Crippen molar-refractivity contribution in [2.45, 2.75) is 19.9 Å². The van der Waals surface area contributed by atoms with Crippen LogP contribution in [0.2, 0.25) is 0 Å². The van der Waals surface area contributed by atoms with E-state index < -0.39 is 0 Å². The van der Waals surface area contributed by atoms with Gasteiger partial charge in [-0.2, -0.15) is 5.10 Å². The summed E-state index contributed by atoms with van der Waals surface area (Å²) >= 11 is 3.36. The number of nitrogen functional groups attached to an aromatic ring is 1. The van der Waals surface area contributed by atoms with E-state index in [1.807, 2.05) is 31.2 Å². The number of carbonyl (C=O) groups is 1. The topological polar surface area (TPSA) is 83.8 Å². The summed E-state index contributed by atoms with van der Waals surface area (Å²) in [6.45, 7) is 2.40. The molecule has 0 bridgehead atoms. The molecule has 1 aromatic carbocycles. The van der Waals surface area contributed by atoms with Crippen LogP contribution in [-0.4, -0.2) is 16.1 Å². The molecule has 0 unspecified atom stereocenters. The molecule has 19 heavy (non-hydrogen) atoms. The zero-order chi connectivity index (χ0) is 13.8. The van der Waals surface area contributed by atoms with Gasteiger partial charge in [0.2, 0.25) is 0 Å². The van der Waals surface area contributed by atoms with E-state index in [2.05, 4.69) is 31.4 Å². The molecule has 0 spiro atoms. The highest BCUT2D eigenvalue weighted by molar-refractivity contribution is 9.10. The van der Waals surface area contributed by atoms with Crippen molar-refractivity contribution >= 4 is 27.5 Å². The number of hydrogen-bond acceptors (Lipinski definition) is 3. The average Bonchev–Trinajstić information content (AvgIpc) is 2.79. The lowest BCUT2D eigenvalue weighted by molar-refractivity contribution is 0.0947. The molecule has 0 saturated carbocycles. The zero-order valence-electron chi connectivity index (χ0n) is 10.5. The molecule has 0 aliphatic carbocycles. The molecule has 1 aromatic heterocycles. The van der Waals surface area contributed by atoms with Crippen LogP contribution in [0.3, 0.4) is 0 Å². The number of nitrogens with zero attached hydrogens (tertiary/aromatic N) is 1. The molecule has 6 heteroatoms. The van der Waals surface area contributed by atoms with Crippen molar-refractivity contribution in [3.05, 3.63) is 45.7 Å². The second kappa shape index (κ2) is 5.88. The molecule has 4 N–H and O–H groups in total. The SMILES string of the molecule is CCc1[nH]nc(C(=O)NCc2ccc(Br)cc2)c1N. The number of benzene rings is 1. The first-order valence-corrected chi connectivity index (χ1v) is 6.76. The minimum absolute atomic E-state index is 0.258. The Morgan fingerprint density at radius 1 is 1.42 bits per heavy atom. The molecule has 0 radical (unpaired) electrons. The summed E-state index contributed by atoms with van der Waals surface area (Å²) in [5.74, 6) is -0.267. The standard InChI is InChI=1S/C13H15BrN4O/c1-2-10-11(15)12(18-17-10)13(19)16-7-8-3-5-9(14)6-4-8/h3-6H,2,7,15H2,1H3,(H,16,19)(H,17,18). The lowest BCUT2D eigenvalue weighted by atomic mass is 10.2. The zero-order valence-corrected chi connectivity index (χ0v) is 12.1. The van der Waals surface area contributed by atoms with E-state index in [4.69, 9.17) is 5.73 Å². The van der Waals surface area contributed by atoms with Gasteiger partial charge in [0.05, 0.1) is 11.4 Å². The maximum atomic E-state index is 12.0. The molecule has 2 aromatic rings. The third-order valence-electron chi connectivity index (χ3n) is 2.82. The quantitative estimate of drug-likeness (QED) is 0.807. The van der Waals surface area contributed by atoms with Gasteiger partial charge in [0.15, 0.2) is 5.69 Å². The van der Waals surface area contributed by atoms with Gasteiger partial charge in [0.25, 0.3) is 5.91 Å². The Hall–Kier alpha value is -1.82. The Labute approximate surface area is 119 Å². The molecule has 0 atom stereocenters. The molecule has 1 amide bonds. The molecule has 0 aliphatic heterocycles. The van der Waals surface area contributed by atoms with E-state index in [1.54, 1.807) is 0 Å². The van der Waals surface area contributed by atoms with Crippen LogP contribution in [0.1, 0.15) is 28.7 Å². The molecule has 5 nitrogen and oxygen atoms in total. The van der Waals surface area contributed by atoms with E-state index in [-0.39, 0.29) is 11.6 Å². The lowest BCUT2D eigenvalue weighted by Crippen LogP contribution is -2.24. The third-order valence-corrected chi connectivity index (χ3v) is 3.35. The van der Waals surface area contributed by atoms with Crippen molar-refractivity contribution in [1.29, 1.82) is 0 Å². The van der Waals surface area contributed by atoms with Crippen molar-refractivity contribution in [2.24, 2.45) is 0 Å². The highest BCUT2D eigenvalue weighted by Gasteiger charge is 2.15. The van der Waals surface area contributed by atoms with Crippen LogP contribution < -0.4 is 11.1 Å². The van der Waals surface area contributed by atoms with Gasteiger partial charge in [-0.3, -0.25) is 9.89 Å². The third kappa shape index (κ3) is 3.14. The molecule has 2 rings (SSSR count). The molecule has 0 fully saturated rings. The van der Waals surface area contributed by atoms with Gasteiger partial charge in [-0.15, -0.1) is 0 Å². The maximum absolute atomic E-state index is 12.0. The van der Waals surface area contributed by atoms with E-state index >= 15 is 0 Å². The van der Waals surface area contributed by atoms with Crippen LogP contribution >= 0.6 is 15.9 Å². The molecule has 0 aliphatic rings. The fourth-order valence-electron chi connectivity index (χ4n) is 1.70. The summed E-state index contributed by atoms with van der Waals surface area (Å²) < 4.78 is 1.01. The van der Waals surface area contributed by atoms with Crippen molar-refractivity contribution < 1.29 is 4.79 Å². The van der Waals surface area contributed by atoms with E-state index in [9.17, 15) is 4.79 Å². The summed E-state index contributed by atoms with van der Waals surface area (Å²) in [7, 11) is 0. The van der Waals surface area contributed by atoms with E-state index in [0.717, 1.165) is 22.2 Å². The van der Waals surface area contributed by atoms with Gasteiger partial charge in [-0.25, -0.2) is 0 Å². The molecule has 100 valence electrons. The van der Waals surface area contributed by atoms with Crippen LogP contribution in [0.5, 0.6) is 0 Å². The highest BCUT2D eigenvalue weighted by atomic mass is 79.9. The predicted octanol–water partition coefficient (Wildman–Crippen LogP) is 2.25. The number of carbonyl (C=O) groups excluding carboxylic acids is 1. The average molecular weight is 323 g/mol. The van der Waals surface area contributed by atoms with Gasteiger partial charge in [0.1, 0.15) is 0 Å². The number of rotatable bonds is 4. The van der Waals surface area contributed by atoms with E-state index in [0.29, 0.717) is 12.2 Å². The van der Waals surface area contributed by atoms with Crippen LogP contribution in [0, 0.1) is 0 Å². The van der Waals surface area contributed by atoms with Gasteiger partial charge in [-0.1, -0.05) is 35.0 Å². The first-order valence-electron chi connectivity index (χ1n) is 5.97. The number of aromatic nitrogens is 2. The van der Waals surface area contributed by atoms with Crippen molar-refractivity contribution in [3.8, 4) is 0 Å². The fraction of sp³-hybridized carbons (Fsp3) is 0.231. The number of nitrogens with one attached hydrogen (secondary N) is 2. The fourth-order valence-corrected chi connectivity index (χ4v) is 1.96. The second-order valence-electron chi connectivity index (χ2n) is 4.13. The first kappa shape index (κ1) is 13.6. The Bertz CT molecular complexity index is 577. The summed E-state index contributed by atoms with van der Waals surface area (Å²) in [6, 6.07) is 7.74. The first-order chi connectivity index (χ1) is 9.11. The van der Waals surface area contributed by atoms with Gasteiger partial charge < -0.3 is 11.1 Å². The maximum Gasteiger partial charge on any atom is 0.274 e. The Balaban J connectivity index is 2.01. The smallest absolute Gasteiger partial charge is 0.274 e. The van der Waals surface area contributed by atoms with Crippen molar-refractivity contribution in [2.75, 3.05) is 5.73 Å². The van der Waals surface area contributed by atoms with Crippen molar-refractivity contribution in [1.82, 2.24) is 15.5 Å². The number of nitrogens with two attached hydrogens (primary N) is 1. The van der Waals surface area contributed by atoms with Crippen LogP contribution in [0.15, 0.2) is 28.7 Å². The number of aryl methyl sites for hydroxylation is 1. The summed E-state index contributed by atoms with van der Waals surface area (Å²) in [4.78, 5) is 12.0. The van der Waals surface area contributed by atoms with Gasteiger partial charge in [-0.05, 0) is 24.1 Å². The summed E-state index contributed by atoms with van der Waals surface area (Å²) in [5, 5.41) is 9.51. The Kier molecular flexibility index (Phi) is 4.21. The number of H-pyrrole nitrogens is 1. The van der Waals surface area contributed by atoms with Crippen LogP contribution in [0.4, 0.5) is 5.69 Å². The summed E-state index contributed by atoms with van der Waals surface area (Å²) in [5.41, 5.74) is 8.33. The number of hydrogen-bond donors (Lipinski definition) is 3. The lowest BCUT2D eigenvalue weighted by Gasteiger charge is -2.04. The van der Waals surface area contributed by atoms with Gasteiger partial charge in [0, 0.05) is 11.0 Å². The highest BCUT2D eigenvalue weighted by Crippen LogP contribution is 2.14. The number of halogens is 1. The van der Waals surface area contributed by atoms with E-state index in [1.165, 1.54) is 0 Å². The predicted molar refractivity (Wildman–Crippen MR) is 77.7 cm³/mol. The van der Waals surface area contributed by atoms with Crippen molar-refractivity contribution in [3.63, 3.8) is 0 Å². The second-order valence-corrected chi connectivity index (χ2v) is 5.04. The normalized spacial score (nSPS) is 10.4. The Morgan fingerprint density at radius 2 is 2.11 bits per heavy atom. The molecule has 1 heterocycles.